The Kier molecular flexibility index (Phi) is 5.93. The van der Waals surface area contributed by atoms with Crippen LogP contribution in [0, 0.1) is 0 Å². The lowest BCUT2D eigenvalue weighted by Gasteiger charge is -2.40. The van der Waals surface area contributed by atoms with Crippen molar-refractivity contribution in [3.05, 3.63) is 90.6 Å². The number of ether oxygens (including phenoxy) is 2. The van der Waals surface area contributed by atoms with E-state index in [2.05, 4.69) is 10.3 Å². The van der Waals surface area contributed by atoms with Crippen molar-refractivity contribution >= 4 is 34.9 Å². The Bertz CT molecular complexity index is 1330. The van der Waals surface area contributed by atoms with Gasteiger partial charge in [-0.2, -0.15) is 4.98 Å². The smallest absolute Gasteiger partial charge is 0.335 e. The van der Waals surface area contributed by atoms with E-state index in [1.807, 2.05) is 85.8 Å². The SMILES string of the molecule is COc1ccc(N2C(=O)N(c3ccc(OC)cc3)C(C)c3cnc(Nc4ccccc4)nc32)cc1. The average molecular weight is 468 g/mol. The van der Waals surface area contributed by atoms with Gasteiger partial charge < -0.3 is 14.8 Å². The highest BCUT2D eigenvalue weighted by Crippen LogP contribution is 2.42. The van der Waals surface area contributed by atoms with Crippen molar-refractivity contribution in [1.82, 2.24) is 9.97 Å². The van der Waals surface area contributed by atoms with Crippen LogP contribution in [-0.4, -0.2) is 30.2 Å². The molecule has 1 aliphatic heterocycles. The van der Waals surface area contributed by atoms with Crippen LogP contribution in [-0.2, 0) is 0 Å². The summed E-state index contributed by atoms with van der Waals surface area (Å²) in [7, 11) is 3.22. The Labute approximate surface area is 203 Å². The second-order valence-electron chi connectivity index (χ2n) is 8.02. The van der Waals surface area contributed by atoms with Crippen LogP contribution in [0.15, 0.2) is 85.1 Å². The first-order chi connectivity index (χ1) is 17.1. The highest BCUT2D eigenvalue weighted by atomic mass is 16.5. The molecule has 5 rings (SSSR count). The molecule has 2 amide bonds. The molecule has 8 heteroatoms. The first kappa shape index (κ1) is 22.2. The lowest BCUT2D eigenvalue weighted by Crippen LogP contribution is -2.47. The largest absolute Gasteiger partial charge is 0.497 e. The van der Waals surface area contributed by atoms with Crippen LogP contribution >= 0.6 is 0 Å². The number of benzene rings is 3. The number of fused-ring (bicyclic) bond motifs is 1. The van der Waals surface area contributed by atoms with E-state index in [-0.39, 0.29) is 12.1 Å². The predicted octanol–water partition coefficient (Wildman–Crippen LogP) is 6.08. The number of urea groups is 1. The van der Waals surface area contributed by atoms with E-state index in [1.54, 1.807) is 30.2 Å². The fourth-order valence-corrected chi connectivity index (χ4v) is 4.11. The van der Waals surface area contributed by atoms with Crippen molar-refractivity contribution in [3.8, 4) is 11.5 Å². The van der Waals surface area contributed by atoms with Crippen molar-refractivity contribution in [2.75, 3.05) is 29.3 Å². The number of nitrogens with zero attached hydrogens (tertiary/aromatic N) is 4. The van der Waals surface area contributed by atoms with E-state index in [4.69, 9.17) is 14.5 Å². The van der Waals surface area contributed by atoms with Gasteiger partial charge in [0.15, 0.2) is 5.82 Å². The Morgan fingerprint density at radius 1 is 0.829 bits per heavy atom. The van der Waals surface area contributed by atoms with Crippen molar-refractivity contribution < 1.29 is 14.3 Å². The number of methoxy groups -OCH3 is 2. The fraction of sp³-hybridized carbons (Fsp3) is 0.148. The molecule has 0 radical (unpaired) electrons. The first-order valence-corrected chi connectivity index (χ1v) is 11.2. The maximum Gasteiger partial charge on any atom is 0.335 e. The molecule has 35 heavy (non-hydrogen) atoms. The van der Waals surface area contributed by atoms with E-state index >= 15 is 0 Å². The van der Waals surface area contributed by atoms with Crippen molar-refractivity contribution in [2.24, 2.45) is 0 Å². The number of rotatable bonds is 6. The van der Waals surface area contributed by atoms with Gasteiger partial charge >= 0.3 is 6.03 Å². The summed E-state index contributed by atoms with van der Waals surface area (Å²) < 4.78 is 10.6. The zero-order valence-corrected chi connectivity index (χ0v) is 19.7. The van der Waals surface area contributed by atoms with Gasteiger partial charge in [-0.15, -0.1) is 0 Å². The number of amides is 2. The Morgan fingerprint density at radius 2 is 1.43 bits per heavy atom. The highest BCUT2D eigenvalue weighted by molar-refractivity contribution is 6.11. The number of carbonyl (C=O) groups excluding carboxylic acids is 1. The maximum atomic E-state index is 14.0. The van der Waals surface area contributed by atoms with E-state index in [0.29, 0.717) is 23.2 Å². The topological polar surface area (TPSA) is 79.8 Å². The second kappa shape index (κ2) is 9.34. The summed E-state index contributed by atoms with van der Waals surface area (Å²) >= 11 is 0. The van der Waals surface area contributed by atoms with Crippen LogP contribution in [0.3, 0.4) is 0 Å². The summed E-state index contributed by atoms with van der Waals surface area (Å²) in [6, 6.07) is 23.9. The third-order valence-electron chi connectivity index (χ3n) is 5.95. The molecule has 0 bridgehead atoms. The van der Waals surface area contributed by atoms with Crippen molar-refractivity contribution in [1.29, 1.82) is 0 Å². The maximum absolute atomic E-state index is 14.0. The number of aromatic nitrogens is 2. The van der Waals surface area contributed by atoms with Crippen LogP contribution in [0.25, 0.3) is 0 Å². The van der Waals surface area contributed by atoms with Crippen LogP contribution in [0.4, 0.5) is 33.6 Å². The zero-order valence-electron chi connectivity index (χ0n) is 19.7. The Balaban J connectivity index is 1.61. The van der Waals surface area contributed by atoms with Gasteiger partial charge in [0.05, 0.1) is 25.9 Å². The molecule has 0 spiro atoms. The van der Waals surface area contributed by atoms with Gasteiger partial charge in [0.25, 0.3) is 0 Å². The first-order valence-electron chi connectivity index (χ1n) is 11.2. The van der Waals surface area contributed by atoms with Gasteiger partial charge in [0, 0.05) is 23.1 Å². The fourth-order valence-electron chi connectivity index (χ4n) is 4.11. The molecule has 8 nitrogen and oxygen atoms in total. The summed E-state index contributed by atoms with van der Waals surface area (Å²) in [6.45, 7) is 1.97. The standard InChI is InChI=1S/C27H25N5O3/c1-18-24-17-28-26(29-19-7-5-4-6-8-19)30-25(24)32(21-11-15-23(35-3)16-12-21)27(33)31(18)20-9-13-22(34-2)14-10-20/h4-18H,1-3H3,(H,28,29,30). The number of anilines is 5. The Morgan fingerprint density at radius 3 is 2.03 bits per heavy atom. The van der Waals surface area contributed by atoms with Gasteiger partial charge in [0.1, 0.15) is 11.5 Å². The summed E-state index contributed by atoms with van der Waals surface area (Å²) in [5.41, 5.74) is 3.11. The molecule has 3 aromatic carbocycles. The minimum atomic E-state index is -0.286. The third-order valence-corrected chi connectivity index (χ3v) is 5.95. The van der Waals surface area contributed by atoms with Crippen molar-refractivity contribution in [2.45, 2.75) is 13.0 Å². The van der Waals surface area contributed by atoms with E-state index in [1.165, 1.54) is 0 Å². The second-order valence-corrected chi connectivity index (χ2v) is 8.02. The molecule has 0 saturated heterocycles. The van der Waals surface area contributed by atoms with E-state index < -0.39 is 0 Å². The molecule has 4 aromatic rings. The molecule has 0 fully saturated rings. The Hall–Kier alpha value is -4.59. The van der Waals surface area contributed by atoms with Crippen LogP contribution in [0.1, 0.15) is 18.5 Å². The summed E-state index contributed by atoms with van der Waals surface area (Å²) in [5.74, 6) is 2.36. The van der Waals surface area contributed by atoms with Crippen LogP contribution < -0.4 is 24.6 Å². The van der Waals surface area contributed by atoms with Gasteiger partial charge in [-0.05, 0) is 67.6 Å². The lowest BCUT2D eigenvalue weighted by molar-refractivity contribution is 0.250. The number of nitrogens with one attached hydrogen (secondary N) is 1. The van der Waals surface area contributed by atoms with Crippen LogP contribution in [0.2, 0.25) is 0 Å². The molecular weight excluding hydrogens is 442 g/mol. The summed E-state index contributed by atoms with van der Waals surface area (Å²) in [6.07, 6.45) is 1.78. The summed E-state index contributed by atoms with van der Waals surface area (Å²) in [5, 5.41) is 3.22. The molecule has 1 N–H and O–H groups in total. The third kappa shape index (κ3) is 4.21. The lowest BCUT2D eigenvalue weighted by atomic mass is 10.0. The van der Waals surface area contributed by atoms with E-state index in [0.717, 1.165) is 22.7 Å². The van der Waals surface area contributed by atoms with Gasteiger partial charge in [-0.1, -0.05) is 18.2 Å². The molecule has 1 aromatic heterocycles. The molecule has 0 saturated carbocycles. The highest BCUT2D eigenvalue weighted by Gasteiger charge is 2.39. The number of para-hydroxylation sites is 1. The average Bonchev–Trinajstić information content (AvgIpc) is 2.90. The molecule has 1 unspecified atom stereocenters. The molecule has 176 valence electrons. The van der Waals surface area contributed by atoms with Crippen molar-refractivity contribution in [3.63, 3.8) is 0 Å². The molecule has 1 aliphatic rings. The number of hydrogen-bond donors (Lipinski definition) is 1. The quantitative estimate of drug-likeness (QED) is 0.370. The van der Waals surface area contributed by atoms with Gasteiger partial charge in [-0.25, -0.2) is 14.7 Å². The normalized spacial score (nSPS) is 14.9. The number of hydrogen-bond acceptors (Lipinski definition) is 6. The van der Waals surface area contributed by atoms with Gasteiger partial charge in [0.2, 0.25) is 5.95 Å². The minimum absolute atomic E-state index is 0.218. The zero-order chi connectivity index (χ0) is 24.4. The monoisotopic (exact) mass is 467 g/mol. The van der Waals surface area contributed by atoms with Gasteiger partial charge in [-0.3, -0.25) is 4.90 Å². The summed E-state index contributed by atoms with van der Waals surface area (Å²) in [4.78, 5) is 26.6. The predicted molar refractivity (Wildman–Crippen MR) is 136 cm³/mol. The van der Waals surface area contributed by atoms with Crippen LogP contribution in [0.5, 0.6) is 11.5 Å². The number of carbonyl (C=O) groups is 1. The molecule has 0 aliphatic carbocycles. The minimum Gasteiger partial charge on any atom is -0.497 e. The molecule has 1 atom stereocenters. The molecule has 2 heterocycles. The molecular formula is C27H25N5O3. The van der Waals surface area contributed by atoms with E-state index in [9.17, 15) is 4.79 Å².